The smallest absolute Gasteiger partial charge is 0.260 e. The lowest BCUT2D eigenvalue weighted by molar-refractivity contribution is -0.128. The van der Waals surface area contributed by atoms with Crippen molar-refractivity contribution in [3.8, 4) is 5.75 Å². The second-order valence-electron chi connectivity index (χ2n) is 8.41. The van der Waals surface area contributed by atoms with Crippen molar-refractivity contribution in [2.75, 3.05) is 19.6 Å². The molecule has 0 aliphatic carbocycles. The molecule has 1 aromatic heterocycles. The molecule has 30 heavy (non-hydrogen) atoms. The first-order valence-corrected chi connectivity index (χ1v) is 10.9. The van der Waals surface area contributed by atoms with Gasteiger partial charge in [-0.2, -0.15) is 0 Å². The Bertz CT molecular complexity index is 807. The number of aromatic nitrogens is 1. The second kappa shape index (κ2) is 9.58. The lowest BCUT2D eigenvalue weighted by atomic mass is 9.88. The van der Waals surface area contributed by atoms with Crippen molar-refractivity contribution in [2.24, 2.45) is 0 Å². The van der Waals surface area contributed by atoms with Crippen molar-refractivity contribution in [1.82, 2.24) is 15.2 Å². The van der Waals surface area contributed by atoms with Crippen LogP contribution < -0.4 is 10.1 Å². The number of carbonyl (C=O) groups is 1. The molecule has 2 fully saturated rings. The van der Waals surface area contributed by atoms with E-state index in [0.29, 0.717) is 12.3 Å². The topological polar surface area (TPSA) is 63.7 Å². The van der Waals surface area contributed by atoms with E-state index in [1.165, 1.54) is 5.56 Å². The number of rotatable bonds is 7. The Morgan fingerprint density at radius 2 is 1.93 bits per heavy atom. The zero-order valence-electron chi connectivity index (χ0n) is 17.6. The minimum absolute atomic E-state index is 0.0176. The number of carbonyl (C=O) groups excluding carboxylic acids is 1. The number of ether oxygens (including phenoxy) is 2. The third-order valence-corrected chi connectivity index (χ3v) is 6.19. The Kier molecular flexibility index (Phi) is 6.65. The van der Waals surface area contributed by atoms with Gasteiger partial charge in [0.2, 0.25) is 0 Å². The van der Waals surface area contributed by atoms with Crippen LogP contribution in [-0.2, 0) is 16.1 Å². The van der Waals surface area contributed by atoms with Gasteiger partial charge in [0.15, 0.2) is 6.10 Å². The lowest BCUT2D eigenvalue weighted by Crippen LogP contribution is -2.45. The molecule has 6 nitrogen and oxygen atoms in total. The number of para-hydroxylation sites is 1. The zero-order valence-corrected chi connectivity index (χ0v) is 17.6. The van der Waals surface area contributed by atoms with Gasteiger partial charge < -0.3 is 14.8 Å². The first kappa shape index (κ1) is 20.8. The van der Waals surface area contributed by atoms with Crippen LogP contribution in [0, 0.1) is 0 Å². The summed E-state index contributed by atoms with van der Waals surface area (Å²) < 4.78 is 12.1. The van der Waals surface area contributed by atoms with Gasteiger partial charge in [0, 0.05) is 38.6 Å². The van der Waals surface area contributed by atoms with Gasteiger partial charge in [0.1, 0.15) is 5.75 Å². The summed E-state index contributed by atoms with van der Waals surface area (Å²) in [5.41, 5.74) is 1.29. The van der Waals surface area contributed by atoms with Gasteiger partial charge in [-0.25, -0.2) is 0 Å². The molecule has 160 valence electrons. The van der Waals surface area contributed by atoms with Crippen molar-refractivity contribution in [2.45, 2.75) is 57.0 Å². The van der Waals surface area contributed by atoms with E-state index >= 15 is 0 Å². The highest BCUT2D eigenvalue weighted by molar-refractivity contribution is 5.80. The van der Waals surface area contributed by atoms with E-state index in [-0.39, 0.29) is 17.6 Å². The van der Waals surface area contributed by atoms with E-state index in [1.54, 1.807) is 6.92 Å². The lowest BCUT2D eigenvalue weighted by Gasteiger charge is -2.39. The quantitative estimate of drug-likeness (QED) is 0.761. The highest BCUT2D eigenvalue weighted by Crippen LogP contribution is 2.39. The maximum absolute atomic E-state index is 12.4. The number of amides is 1. The number of pyridine rings is 1. The number of hydrogen-bond acceptors (Lipinski definition) is 5. The highest BCUT2D eigenvalue weighted by Gasteiger charge is 2.42. The van der Waals surface area contributed by atoms with Crippen LogP contribution in [0.1, 0.15) is 38.2 Å². The molecule has 4 rings (SSSR count). The van der Waals surface area contributed by atoms with Crippen molar-refractivity contribution < 1.29 is 14.3 Å². The molecule has 2 aromatic rings. The molecule has 0 radical (unpaired) electrons. The summed E-state index contributed by atoms with van der Waals surface area (Å²) in [6, 6.07) is 13.6. The summed E-state index contributed by atoms with van der Waals surface area (Å²) in [7, 11) is 0. The molecule has 1 spiro atoms. The predicted octanol–water partition coefficient (Wildman–Crippen LogP) is 3.18. The fraction of sp³-hybridized carbons (Fsp3) is 0.500. The molecular formula is C24H31N3O3. The van der Waals surface area contributed by atoms with E-state index in [1.807, 2.05) is 42.7 Å². The molecule has 2 atom stereocenters. The summed E-state index contributed by atoms with van der Waals surface area (Å²) in [6.45, 7) is 5.38. The zero-order chi connectivity index (χ0) is 20.8. The van der Waals surface area contributed by atoms with Crippen LogP contribution in [0.5, 0.6) is 5.75 Å². The van der Waals surface area contributed by atoms with Gasteiger partial charge in [-0.15, -0.1) is 0 Å². The summed E-state index contributed by atoms with van der Waals surface area (Å²) in [5.74, 6) is 0.602. The van der Waals surface area contributed by atoms with Crippen LogP contribution in [0.3, 0.4) is 0 Å². The largest absolute Gasteiger partial charge is 0.481 e. The average Bonchev–Trinajstić information content (AvgIpc) is 3.18. The number of nitrogens with zero attached hydrogens (tertiary/aromatic N) is 2. The number of piperidine rings is 1. The minimum atomic E-state index is -0.529. The maximum Gasteiger partial charge on any atom is 0.260 e. The fourth-order valence-electron chi connectivity index (χ4n) is 4.39. The number of nitrogens with one attached hydrogen (secondary N) is 1. The third-order valence-electron chi connectivity index (χ3n) is 6.19. The maximum atomic E-state index is 12.4. The van der Waals surface area contributed by atoms with Gasteiger partial charge in [-0.05, 0) is 62.4 Å². The second-order valence-corrected chi connectivity index (χ2v) is 8.41. The molecule has 0 saturated carbocycles. The normalized spacial score (nSPS) is 22.0. The molecule has 2 saturated heterocycles. The average molecular weight is 410 g/mol. The molecule has 1 N–H and O–H groups in total. The van der Waals surface area contributed by atoms with E-state index in [9.17, 15) is 4.79 Å². The molecule has 1 amide bonds. The molecule has 2 unspecified atom stereocenters. The molecule has 6 heteroatoms. The number of hydrogen-bond donors (Lipinski definition) is 1. The van der Waals surface area contributed by atoms with Crippen molar-refractivity contribution >= 4 is 5.91 Å². The Morgan fingerprint density at radius 1 is 1.20 bits per heavy atom. The molecule has 1 aromatic carbocycles. The SMILES string of the molecule is CC(Oc1ccccc1)C(=O)NCC1CCC2(CCN(Cc3ccncc3)CC2)O1. The summed E-state index contributed by atoms with van der Waals surface area (Å²) in [6.07, 6.45) is 7.44. The van der Waals surface area contributed by atoms with E-state index in [4.69, 9.17) is 9.47 Å². The third kappa shape index (κ3) is 5.37. The number of likely N-dealkylation sites (tertiary alicyclic amines) is 1. The first-order chi connectivity index (χ1) is 14.6. The molecular weight excluding hydrogens is 378 g/mol. The van der Waals surface area contributed by atoms with Gasteiger partial charge in [0.25, 0.3) is 5.91 Å². The standard InChI is InChI=1S/C24H31N3O3/c1-19(29-21-5-3-2-4-6-21)23(28)26-17-22-7-10-24(30-22)11-15-27(16-12-24)18-20-8-13-25-14-9-20/h2-6,8-9,13-14,19,22H,7,10-12,15-18H2,1H3,(H,26,28). The molecule has 3 heterocycles. The minimum Gasteiger partial charge on any atom is -0.481 e. The Morgan fingerprint density at radius 3 is 2.67 bits per heavy atom. The molecule has 2 aliphatic rings. The fourth-order valence-corrected chi connectivity index (χ4v) is 4.39. The first-order valence-electron chi connectivity index (χ1n) is 10.9. The highest BCUT2D eigenvalue weighted by atomic mass is 16.5. The van der Waals surface area contributed by atoms with Gasteiger partial charge in [-0.1, -0.05) is 18.2 Å². The molecule has 2 aliphatic heterocycles. The van der Waals surface area contributed by atoms with Crippen LogP contribution >= 0.6 is 0 Å². The van der Waals surface area contributed by atoms with E-state index in [0.717, 1.165) is 45.3 Å². The Hall–Kier alpha value is -2.44. The summed E-state index contributed by atoms with van der Waals surface area (Å²) >= 11 is 0. The van der Waals surface area contributed by atoms with Crippen molar-refractivity contribution in [3.63, 3.8) is 0 Å². The summed E-state index contributed by atoms with van der Waals surface area (Å²) in [5, 5.41) is 3.00. The van der Waals surface area contributed by atoms with Gasteiger partial charge in [0.05, 0.1) is 11.7 Å². The van der Waals surface area contributed by atoms with Gasteiger partial charge >= 0.3 is 0 Å². The summed E-state index contributed by atoms with van der Waals surface area (Å²) in [4.78, 5) is 19.0. The molecule has 0 bridgehead atoms. The van der Waals surface area contributed by atoms with Crippen molar-refractivity contribution in [3.05, 3.63) is 60.4 Å². The predicted molar refractivity (Wildman–Crippen MR) is 115 cm³/mol. The van der Waals surface area contributed by atoms with Crippen LogP contribution in [-0.4, -0.2) is 53.2 Å². The van der Waals surface area contributed by atoms with Crippen molar-refractivity contribution in [1.29, 1.82) is 0 Å². The Labute approximate surface area is 178 Å². The van der Waals surface area contributed by atoms with Crippen LogP contribution in [0.4, 0.5) is 0 Å². The monoisotopic (exact) mass is 409 g/mol. The van der Waals surface area contributed by atoms with Crippen LogP contribution in [0.25, 0.3) is 0 Å². The van der Waals surface area contributed by atoms with E-state index < -0.39 is 6.10 Å². The van der Waals surface area contributed by atoms with Crippen LogP contribution in [0.15, 0.2) is 54.9 Å². The van der Waals surface area contributed by atoms with Gasteiger partial charge in [-0.3, -0.25) is 14.7 Å². The van der Waals surface area contributed by atoms with E-state index in [2.05, 4.69) is 27.3 Å². The number of benzene rings is 1. The van der Waals surface area contributed by atoms with Crippen LogP contribution in [0.2, 0.25) is 0 Å². The Balaban J connectivity index is 1.19.